The van der Waals surface area contributed by atoms with Crippen molar-refractivity contribution in [1.82, 2.24) is 4.98 Å². The van der Waals surface area contributed by atoms with Crippen molar-refractivity contribution in [2.24, 2.45) is 0 Å². The number of thiazole rings is 1. The molecule has 0 atom stereocenters. The van der Waals surface area contributed by atoms with Gasteiger partial charge in [-0.2, -0.15) is 0 Å². The standard InChI is InChI=1S/C22H18N2O4S2/c25-19-14-15(10-11-17(19)22-24-18-8-4-5-9-20(18)29-22)23-21(26)12-13-30(27,28)16-6-2-1-3-7-16/h1-11,14,25H,12-13H2,(H,23,26). The highest BCUT2D eigenvalue weighted by Crippen LogP contribution is 2.36. The zero-order valence-electron chi connectivity index (χ0n) is 15.8. The Hall–Kier alpha value is -3.23. The lowest BCUT2D eigenvalue weighted by Gasteiger charge is -2.08. The number of fused-ring (bicyclic) bond motifs is 1. The zero-order chi connectivity index (χ0) is 21.1. The van der Waals surface area contributed by atoms with Crippen LogP contribution in [0.4, 0.5) is 5.69 Å². The Balaban J connectivity index is 1.44. The van der Waals surface area contributed by atoms with Crippen molar-refractivity contribution in [3.05, 3.63) is 72.8 Å². The summed E-state index contributed by atoms with van der Waals surface area (Å²) in [7, 11) is -3.53. The van der Waals surface area contributed by atoms with Crippen LogP contribution in [0.25, 0.3) is 20.8 Å². The van der Waals surface area contributed by atoms with E-state index in [1.807, 2.05) is 24.3 Å². The molecule has 0 radical (unpaired) electrons. The molecule has 1 heterocycles. The second kappa shape index (κ2) is 8.25. The molecule has 30 heavy (non-hydrogen) atoms. The van der Waals surface area contributed by atoms with E-state index in [4.69, 9.17) is 0 Å². The fourth-order valence-electron chi connectivity index (χ4n) is 2.97. The first-order valence-corrected chi connectivity index (χ1v) is 11.7. The molecule has 0 spiro atoms. The maximum atomic E-state index is 12.3. The van der Waals surface area contributed by atoms with E-state index in [0.717, 1.165) is 10.2 Å². The van der Waals surface area contributed by atoms with Gasteiger partial charge in [0.2, 0.25) is 5.91 Å². The third kappa shape index (κ3) is 4.34. The average Bonchev–Trinajstić information content (AvgIpc) is 3.17. The number of nitrogens with one attached hydrogen (secondary N) is 1. The molecule has 4 rings (SSSR count). The predicted molar refractivity (Wildman–Crippen MR) is 118 cm³/mol. The number of sulfone groups is 1. The van der Waals surface area contributed by atoms with E-state index in [0.29, 0.717) is 16.3 Å². The van der Waals surface area contributed by atoms with Crippen LogP contribution < -0.4 is 5.32 Å². The average molecular weight is 439 g/mol. The summed E-state index contributed by atoms with van der Waals surface area (Å²) in [6, 6.07) is 20.5. The lowest BCUT2D eigenvalue weighted by Crippen LogP contribution is -2.17. The minimum Gasteiger partial charge on any atom is -0.507 e. The summed E-state index contributed by atoms with van der Waals surface area (Å²) < 4.78 is 25.6. The SMILES string of the molecule is O=C(CCS(=O)(=O)c1ccccc1)Nc1ccc(-c2nc3ccccc3s2)c(O)c1. The molecule has 0 saturated heterocycles. The highest BCUT2D eigenvalue weighted by Gasteiger charge is 2.17. The second-order valence-electron chi connectivity index (χ2n) is 6.65. The monoisotopic (exact) mass is 438 g/mol. The van der Waals surface area contributed by atoms with Gasteiger partial charge in [0.1, 0.15) is 10.8 Å². The molecule has 1 aromatic heterocycles. The van der Waals surface area contributed by atoms with Gasteiger partial charge in [0.05, 0.1) is 26.4 Å². The van der Waals surface area contributed by atoms with Crippen LogP contribution in [0.5, 0.6) is 5.75 Å². The van der Waals surface area contributed by atoms with Crippen molar-refractivity contribution in [1.29, 1.82) is 0 Å². The van der Waals surface area contributed by atoms with Crippen LogP contribution in [0.1, 0.15) is 6.42 Å². The maximum absolute atomic E-state index is 12.3. The van der Waals surface area contributed by atoms with Crippen molar-refractivity contribution in [3.63, 3.8) is 0 Å². The van der Waals surface area contributed by atoms with Crippen LogP contribution in [-0.2, 0) is 14.6 Å². The lowest BCUT2D eigenvalue weighted by atomic mass is 10.2. The number of carbonyl (C=O) groups is 1. The first-order chi connectivity index (χ1) is 14.4. The summed E-state index contributed by atoms with van der Waals surface area (Å²) in [5.74, 6) is -0.746. The predicted octanol–water partition coefficient (Wildman–Crippen LogP) is 4.47. The number of nitrogens with zero attached hydrogens (tertiary/aromatic N) is 1. The molecule has 6 nitrogen and oxygen atoms in total. The summed E-state index contributed by atoms with van der Waals surface area (Å²) in [5.41, 5.74) is 1.81. The van der Waals surface area contributed by atoms with E-state index in [2.05, 4.69) is 10.3 Å². The molecule has 0 fully saturated rings. The molecular formula is C22H18N2O4S2. The number of hydrogen-bond acceptors (Lipinski definition) is 6. The Morgan fingerprint density at radius 1 is 1.00 bits per heavy atom. The normalized spacial score (nSPS) is 11.5. The van der Waals surface area contributed by atoms with Crippen LogP contribution in [-0.4, -0.2) is 30.2 Å². The summed E-state index contributed by atoms with van der Waals surface area (Å²) in [4.78, 5) is 16.9. The first-order valence-electron chi connectivity index (χ1n) is 9.19. The van der Waals surface area contributed by atoms with Gasteiger partial charge in [-0.3, -0.25) is 4.79 Å². The maximum Gasteiger partial charge on any atom is 0.225 e. The molecule has 0 saturated carbocycles. The molecule has 3 aromatic carbocycles. The quantitative estimate of drug-likeness (QED) is 0.463. The Morgan fingerprint density at radius 3 is 2.47 bits per heavy atom. The van der Waals surface area contributed by atoms with E-state index in [1.54, 1.807) is 30.3 Å². The van der Waals surface area contributed by atoms with Crippen molar-refractivity contribution in [3.8, 4) is 16.3 Å². The molecule has 0 unspecified atom stereocenters. The van der Waals surface area contributed by atoms with Gasteiger partial charge in [-0.1, -0.05) is 30.3 Å². The minimum atomic E-state index is -3.53. The number of benzene rings is 3. The van der Waals surface area contributed by atoms with Crippen LogP contribution >= 0.6 is 11.3 Å². The number of rotatable bonds is 6. The van der Waals surface area contributed by atoms with Gasteiger partial charge >= 0.3 is 0 Å². The number of hydrogen-bond donors (Lipinski definition) is 2. The Kier molecular flexibility index (Phi) is 5.52. The van der Waals surface area contributed by atoms with Crippen molar-refractivity contribution in [2.45, 2.75) is 11.3 Å². The Bertz CT molecular complexity index is 1280. The number of amides is 1. The largest absolute Gasteiger partial charge is 0.507 e. The molecule has 152 valence electrons. The third-order valence-electron chi connectivity index (χ3n) is 4.51. The van der Waals surface area contributed by atoms with Gasteiger partial charge in [-0.25, -0.2) is 13.4 Å². The van der Waals surface area contributed by atoms with Gasteiger partial charge in [-0.05, 0) is 36.4 Å². The highest BCUT2D eigenvalue weighted by atomic mass is 32.2. The third-order valence-corrected chi connectivity index (χ3v) is 7.31. The number of aromatic nitrogens is 1. The fourth-order valence-corrected chi connectivity index (χ4v) is 5.24. The van der Waals surface area contributed by atoms with Gasteiger partial charge in [0, 0.05) is 18.2 Å². The number of phenols is 1. The Morgan fingerprint density at radius 2 is 1.73 bits per heavy atom. The van der Waals surface area contributed by atoms with Crippen LogP contribution in [0, 0.1) is 0 Å². The number of anilines is 1. The zero-order valence-corrected chi connectivity index (χ0v) is 17.4. The molecular weight excluding hydrogens is 420 g/mol. The molecule has 2 N–H and O–H groups in total. The molecule has 0 aliphatic carbocycles. The summed E-state index contributed by atoms with van der Waals surface area (Å²) in [6.45, 7) is 0. The molecule has 1 amide bonds. The van der Waals surface area contributed by atoms with Gasteiger partial charge in [-0.15, -0.1) is 11.3 Å². The van der Waals surface area contributed by atoms with Crippen LogP contribution in [0.15, 0.2) is 77.7 Å². The number of carbonyl (C=O) groups excluding carboxylic acids is 1. The van der Waals surface area contributed by atoms with Crippen molar-refractivity contribution < 1.29 is 18.3 Å². The second-order valence-corrected chi connectivity index (χ2v) is 9.79. The van der Waals surface area contributed by atoms with Crippen LogP contribution in [0.3, 0.4) is 0 Å². The van der Waals surface area contributed by atoms with Crippen molar-refractivity contribution >= 4 is 43.0 Å². The molecule has 0 bridgehead atoms. The molecule has 0 aliphatic heterocycles. The molecule has 0 aliphatic rings. The van der Waals surface area contributed by atoms with E-state index in [1.165, 1.54) is 29.5 Å². The van der Waals surface area contributed by atoms with E-state index in [-0.39, 0.29) is 22.8 Å². The summed E-state index contributed by atoms with van der Waals surface area (Å²) in [6.07, 6.45) is -0.183. The summed E-state index contributed by atoms with van der Waals surface area (Å²) in [5, 5.41) is 13.7. The number of para-hydroxylation sites is 1. The van der Waals surface area contributed by atoms with Gasteiger partial charge in [0.15, 0.2) is 9.84 Å². The van der Waals surface area contributed by atoms with Gasteiger partial charge < -0.3 is 10.4 Å². The number of aromatic hydroxyl groups is 1. The van der Waals surface area contributed by atoms with Crippen molar-refractivity contribution in [2.75, 3.05) is 11.1 Å². The lowest BCUT2D eigenvalue weighted by molar-refractivity contribution is -0.115. The number of phenolic OH excluding ortho intramolecular Hbond substituents is 1. The van der Waals surface area contributed by atoms with Crippen LogP contribution in [0.2, 0.25) is 0 Å². The smallest absolute Gasteiger partial charge is 0.225 e. The van der Waals surface area contributed by atoms with E-state index < -0.39 is 15.7 Å². The fraction of sp³-hybridized carbons (Fsp3) is 0.0909. The highest BCUT2D eigenvalue weighted by molar-refractivity contribution is 7.91. The molecule has 4 aromatic rings. The van der Waals surface area contributed by atoms with E-state index in [9.17, 15) is 18.3 Å². The van der Waals surface area contributed by atoms with Gasteiger partial charge in [0.25, 0.3) is 0 Å². The van der Waals surface area contributed by atoms with E-state index >= 15 is 0 Å². The first kappa shape index (κ1) is 20.1. The Labute approximate surface area is 177 Å². The summed E-state index contributed by atoms with van der Waals surface area (Å²) >= 11 is 1.47. The topological polar surface area (TPSA) is 96.4 Å². The molecule has 8 heteroatoms. The minimum absolute atomic E-state index is 0.0104.